The Bertz CT molecular complexity index is 851. The van der Waals surface area contributed by atoms with Gasteiger partial charge < -0.3 is 20.3 Å². The molecule has 2 amide bonds. The molecule has 0 radical (unpaired) electrons. The molecule has 2 atom stereocenters. The van der Waals surface area contributed by atoms with E-state index in [4.69, 9.17) is 4.74 Å². The van der Waals surface area contributed by atoms with Crippen LogP contribution in [-0.4, -0.2) is 40.1 Å². The van der Waals surface area contributed by atoms with Gasteiger partial charge >= 0.3 is 6.09 Å². The van der Waals surface area contributed by atoms with Gasteiger partial charge in [0.1, 0.15) is 5.60 Å². The molecule has 6 nitrogen and oxygen atoms in total. The molecular weight excluding hydrogens is 390 g/mol. The highest BCUT2D eigenvalue weighted by atomic mass is 16.6. The Morgan fingerprint density at radius 3 is 2.26 bits per heavy atom. The van der Waals surface area contributed by atoms with E-state index in [1.807, 2.05) is 37.8 Å². The van der Waals surface area contributed by atoms with Crippen LogP contribution in [-0.2, 0) is 22.6 Å². The molecule has 4 bridgehead atoms. The number of alkyl carbamates (subject to hydrolysis) is 1. The standard InChI is InChI=1S/C25H35N3O3/c1-23(2,3)27-22(30)31-25-11-17-8-18(12-25)10-24(9-17,16-25)26-13-21(29)28-14-19-6-4-5-7-20(19)15-28/h4-7,17-18,26H,8-16H2,1-3H3,(H,27,30). The van der Waals surface area contributed by atoms with Gasteiger partial charge in [0.2, 0.25) is 5.91 Å². The molecule has 2 unspecified atom stereocenters. The molecule has 4 fully saturated rings. The summed E-state index contributed by atoms with van der Waals surface area (Å²) in [7, 11) is 0. The zero-order valence-electron chi connectivity index (χ0n) is 19.0. The zero-order chi connectivity index (χ0) is 21.9. The maximum Gasteiger partial charge on any atom is 0.408 e. The van der Waals surface area contributed by atoms with E-state index in [2.05, 4.69) is 22.8 Å². The molecule has 6 rings (SSSR count). The fraction of sp³-hybridized carbons (Fsp3) is 0.680. The molecule has 5 aliphatic rings. The third-order valence-electron chi connectivity index (χ3n) is 7.60. The predicted molar refractivity (Wildman–Crippen MR) is 118 cm³/mol. The van der Waals surface area contributed by atoms with Crippen molar-refractivity contribution in [2.24, 2.45) is 11.8 Å². The summed E-state index contributed by atoms with van der Waals surface area (Å²) in [5, 5.41) is 6.63. The number of benzene rings is 1. The fourth-order valence-electron chi connectivity index (χ4n) is 6.92. The van der Waals surface area contributed by atoms with Gasteiger partial charge in [0.25, 0.3) is 0 Å². The molecule has 1 heterocycles. The Kier molecular flexibility index (Phi) is 4.85. The first-order valence-electron chi connectivity index (χ1n) is 11.7. The average Bonchev–Trinajstić information content (AvgIpc) is 3.07. The Morgan fingerprint density at radius 1 is 1.06 bits per heavy atom. The van der Waals surface area contributed by atoms with E-state index in [1.54, 1.807) is 0 Å². The molecule has 31 heavy (non-hydrogen) atoms. The van der Waals surface area contributed by atoms with E-state index >= 15 is 0 Å². The lowest BCUT2D eigenvalue weighted by Gasteiger charge is -2.61. The average molecular weight is 426 g/mol. The molecule has 0 aromatic heterocycles. The third kappa shape index (κ3) is 4.19. The first kappa shape index (κ1) is 20.8. The minimum atomic E-state index is -0.390. The Morgan fingerprint density at radius 2 is 1.68 bits per heavy atom. The summed E-state index contributed by atoms with van der Waals surface area (Å²) in [6, 6.07) is 8.29. The van der Waals surface area contributed by atoms with Gasteiger partial charge in [0.05, 0.1) is 6.54 Å². The van der Waals surface area contributed by atoms with E-state index in [0.717, 1.165) is 32.1 Å². The number of nitrogens with one attached hydrogen (secondary N) is 2. The van der Waals surface area contributed by atoms with Crippen LogP contribution in [0.3, 0.4) is 0 Å². The number of rotatable bonds is 4. The zero-order valence-corrected chi connectivity index (χ0v) is 19.0. The van der Waals surface area contributed by atoms with Gasteiger partial charge in [-0.05, 0) is 75.8 Å². The smallest absolute Gasteiger partial charge is 0.408 e. The number of carbonyl (C=O) groups is 2. The van der Waals surface area contributed by atoms with Crippen LogP contribution in [0.4, 0.5) is 4.79 Å². The van der Waals surface area contributed by atoms with Crippen LogP contribution in [0, 0.1) is 11.8 Å². The summed E-state index contributed by atoms with van der Waals surface area (Å²) in [5.74, 6) is 1.30. The normalized spacial score (nSPS) is 33.3. The molecule has 168 valence electrons. The second kappa shape index (κ2) is 7.22. The Balaban J connectivity index is 1.24. The van der Waals surface area contributed by atoms with Crippen molar-refractivity contribution in [3.63, 3.8) is 0 Å². The van der Waals surface area contributed by atoms with Crippen molar-refractivity contribution >= 4 is 12.0 Å². The largest absolute Gasteiger partial charge is 0.443 e. The molecule has 6 heteroatoms. The quantitative estimate of drug-likeness (QED) is 0.771. The predicted octanol–water partition coefficient (Wildman–Crippen LogP) is 3.73. The molecule has 1 aromatic rings. The lowest BCUT2D eigenvalue weighted by Crippen LogP contribution is -2.66. The van der Waals surface area contributed by atoms with Crippen LogP contribution in [0.5, 0.6) is 0 Å². The van der Waals surface area contributed by atoms with Crippen molar-refractivity contribution in [1.82, 2.24) is 15.5 Å². The van der Waals surface area contributed by atoms with E-state index < -0.39 is 0 Å². The number of nitrogens with zero attached hydrogens (tertiary/aromatic N) is 1. The summed E-state index contributed by atoms with van der Waals surface area (Å²) in [4.78, 5) is 27.5. The summed E-state index contributed by atoms with van der Waals surface area (Å²) in [5.41, 5.74) is 1.72. The fourth-order valence-corrected chi connectivity index (χ4v) is 6.92. The Hall–Kier alpha value is -2.08. The van der Waals surface area contributed by atoms with E-state index in [0.29, 0.717) is 31.5 Å². The van der Waals surface area contributed by atoms with Gasteiger partial charge in [-0.1, -0.05) is 24.3 Å². The number of hydrogen-bond acceptors (Lipinski definition) is 4. The Labute approximate surface area is 185 Å². The van der Waals surface area contributed by atoms with Gasteiger partial charge in [-0.2, -0.15) is 0 Å². The second-order valence-electron chi connectivity index (χ2n) is 11.6. The van der Waals surface area contributed by atoms with E-state index in [-0.39, 0.29) is 28.7 Å². The minimum Gasteiger partial charge on any atom is -0.443 e. The molecule has 1 aromatic carbocycles. The van der Waals surface area contributed by atoms with Crippen LogP contribution in [0.15, 0.2) is 24.3 Å². The van der Waals surface area contributed by atoms with Crippen LogP contribution >= 0.6 is 0 Å². The van der Waals surface area contributed by atoms with Gasteiger partial charge in [0.15, 0.2) is 0 Å². The lowest BCUT2D eigenvalue weighted by molar-refractivity contribution is -0.149. The molecule has 0 spiro atoms. The minimum absolute atomic E-state index is 0.0890. The highest BCUT2D eigenvalue weighted by molar-refractivity contribution is 5.79. The highest BCUT2D eigenvalue weighted by Crippen LogP contribution is 2.58. The molecular formula is C25H35N3O3. The summed E-state index contributed by atoms with van der Waals surface area (Å²) in [6.07, 6.45) is 5.82. The van der Waals surface area contributed by atoms with Crippen molar-refractivity contribution in [3.8, 4) is 0 Å². The summed E-state index contributed by atoms with van der Waals surface area (Å²) in [6.45, 7) is 7.68. The van der Waals surface area contributed by atoms with Crippen molar-refractivity contribution < 1.29 is 14.3 Å². The summed E-state index contributed by atoms with van der Waals surface area (Å²) < 4.78 is 6.12. The monoisotopic (exact) mass is 425 g/mol. The number of hydrogen-bond donors (Lipinski definition) is 2. The van der Waals surface area contributed by atoms with Gasteiger partial charge in [-0.15, -0.1) is 0 Å². The maximum absolute atomic E-state index is 13.0. The first-order valence-corrected chi connectivity index (χ1v) is 11.7. The molecule has 2 N–H and O–H groups in total. The van der Waals surface area contributed by atoms with Gasteiger partial charge in [0, 0.05) is 30.6 Å². The number of fused-ring (bicyclic) bond motifs is 1. The highest BCUT2D eigenvalue weighted by Gasteiger charge is 2.59. The molecule has 1 aliphatic heterocycles. The molecule has 0 saturated heterocycles. The van der Waals surface area contributed by atoms with Crippen molar-refractivity contribution in [3.05, 3.63) is 35.4 Å². The van der Waals surface area contributed by atoms with Crippen molar-refractivity contribution in [1.29, 1.82) is 0 Å². The van der Waals surface area contributed by atoms with Gasteiger partial charge in [-0.25, -0.2) is 4.79 Å². The SMILES string of the molecule is CC(C)(C)NC(=O)OC12CC3CC(CC(NCC(=O)N4Cc5ccccc5C4)(C3)C1)C2. The van der Waals surface area contributed by atoms with Crippen LogP contribution < -0.4 is 10.6 Å². The topological polar surface area (TPSA) is 70.7 Å². The summed E-state index contributed by atoms with van der Waals surface area (Å²) >= 11 is 0. The van der Waals surface area contributed by atoms with Crippen molar-refractivity contribution in [2.45, 2.75) is 89.1 Å². The lowest BCUT2D eigenvalue weighted by atomic mass is 9.51. The molecule has 4 saturated carbocycles. The van der Waals surface area contributed by atoms with Crippen LogP contribution in [0.2, 0.25) is 0 Å². The van der Waals surface area contributed by atoms with Crippen LogP contribution in [0.1, 0.15) is 70.4 Å². The first-order chi connectivity index (χ1) is 14.6. The molecule has 4 aliphatic carbocycles. The number of ether oxygens (including phenoxy) is 1. The van der Waals surface area contributed by atoms with Gasteiger partial charge in [-0.3, -0.25) is 4.79 Å². The number of carbonyl (C=O) groups excluding carboxylic acids is 2. The number of amides is 2. The van der Waals surface area contributed by atoms with E-state index in [1.165, 1.54) is 17.5 Å². The third-order valence-corrected chi connectivity index (χ3v) is 7.60. The van der Waals surface area contributed by atoms with Crippen LogP contribution in [0.25, 0.3) is 0 Å². The maximum atomic E-state index is 13.0. The van der Waals surface area contributed by atoms with Crippen molar-refractivity contribution in [2.75, 3.05) is 6.54 Å². The second-order valence-corrected chi connectivity index (χ2v) is 11.6. The van der Waals surface area contributed by atoms with E-state index in [9.17, 15) is 9.59 Å².